The Hall–Kier alpha value is -0.590. The minimum Gasteiger partial charge on any atom is -0.381 e. The number of hydrogen-bond donors (Lipinski definition) is 0. The van der Waals surface area contributed by atoms with Crippen molar-refractivity contribution in [3.8, 4) is 6.07 Å². The van der Waals surface area contributed by atoms with Gasteiger partial charge in [-0.15, -0.1) is 0 Å². The summed E-state index contributed by atoms with van der Waals surface area (Å²) in [6.45, 7) is 3.38. The molecule has 0 aromatic carbocycles. The monoisotopic (exact) mass is 251 g/mol. The number of hydrogen-bond acceptors (Lipinski definition) is 3. The highest BCUT2D eigenvalue weighted by Crippen LogP contribution is 2.34. The number of unbranched alkanes of at least 4 members (excludes halogenated alkanes) is 1. The summed E-state index contributed by atoms with van der Waals surface area (Å²) in [5.74, 6) is 0.861. The first-order valence-corrected chi connectivity index (χ1v) is 7.41. The quantitative estimate of drug-likeness (QED) is 0.704. The second-order valence-electron chi connectivity index (χ2n) is 5.85. The molecule has 18 heavy (non-hydrogen) atoms. The number of nitriles is 1. The Kier molecular flexibility index (Phi) is 5.46. The molecule has 2 aliphatic heterocycles. The molecule has 3 heteroatoms. The van der Waals surface area contributed by atoms with E-state index in [9.17, 15) is 5.26 Å². The van der Waals surface area contributed by atoms with Gasteiger partial charge in [0.25, 0.3) is 0 Å². The number of nitrogens with zero attached hydrogens (tertiary/aromatic N) is 1. The van der Waals surface area contributed by atoms with Crippen LogP contribution in [0, 0.1) is 22.7 Å². The van der Waals surface area contributed by atoms with Crippen LogP contribution in [0.1, 0.15) is 51.4 Å². The molecule has 0 aromatic heterocycles. The van der Waals surface area contributed by atoms with Crippen molar-refractivity contribution < 1.29 is 9.47 Å². The van der Waals surface area contributed by atoms with Gasteiger partial charge in [0, 0.05) is 19.8 Å². The van der Waals surface area contributed by atoms with Crippen molar-refractivity contribution in [2.45, 2.75) is 51.4 Å². The molecule has 0 amide bonds. The van der Waals surface area contributed by atoms with Crippen molar-refractivity contribution >= 4 is 0 Å². The summed E-state index contributed by atoms with van der Waals surface area (Å²) in [7, 11) is 0. The summed E-state index contributed by atoms with van der Waals surface area (Å²) < 4.78 is 10.9. The van der Waals surface area contributed by atoms with Gasteiger partial charge in [0.05, 0.1) is 18.1 Å². The smallest absolute Gasteiger partial charge is 0.0807 e. The molecule has 0 aliphatic carbocycles. The molecule has 0 spiro atoms. The maximum Gasteiger partial charge on any atom is 0.0807 e. The predicted octanol–water partition coefficient (Wildman–Crippen LogP) is 3.29. The third kappa shape index (κ3) is 3.96. The molecule has 0 bridgehead atoms. The largest absolute Gasteiger partial charge is 0.381 e. The molecule has 0 saturated carbocycles. The van der Waals surface area contributed by atoms with Crippen LogP contribution in [0.15, 0.2) is 0 Å². The van der Waals surface area contributed by atoms with Crippen LogP contribution < -0.4 is 0 Å². The second kappa shape index (κ2) is 7.11. The summed E-state index contributed by atoms with van der Waals surface area (Å²) in [5, 5.41) is 9.34. The van der Waals surface area contributed by atoms with Crippen LogP contribution in [0.25, 0.3) is 0 Å². The van der Waals surface area contributed by atoms with Crippen LogP contribution in [-0.4, -0.2) is 26.4 Å². The van der Waals surface area contributed by atoms with E-state index in [1.807, 2.05) is 0 Å². The van der Waals surface area contributed by atoms with Crippen LogP contribution in [0.5, 0.6) is 0 Å². The lowest BCUT2D eigenvalue weighted by Gasteiger charge is -2.30. The normalized spacial score (nSPS) is 29.9. The third-order valence-electron chi connectivity index (χ3n) is 4.42. The first kappa shape index (κ1) is 13.8. The lowest BCUT2D eigenvalue weighted by molar-refractivity contribution is 0.0163. The van der Waals surface area contributed by atoms with E-state index in [1.165, 1.54) is 32.1 Å². The maximum absolute atomic E-state index is 9.34. The van der Waals surface area contributed by atoms with E-state index in [1.54, 1.807) is 0 Å². The van der Waals surface area contributed by atoms with Gasteiger partial charge in [-0.25, -0.2) is 0 Å². The maximum atomic E-state index is 9.34. The Balaban J connectivity index is 1.63. The molecule has 3 nitrogen and oxygen atoms in total. The summed E-state index contributed by atoms with van der Waals surface area (Å²) >= 11 is 0. The molecule has 2 heterocycles. The molecule has 0 aromatic rings. The first-order chi connectivity index (χ1) is 8.85. The molecule has 102 valence electrons. The molecule has 1 unspecified atom stereocenters. The first-order valence-electron chi connectivity index (χ1n) is 7.41. The van der Waals surface area contributed by atoms with Crippen LogP contribution in [-0.2, 0) is 9.47 Å². The van der Waals surface area contributed by atoms with Crippen molar-refractivity contribution in [3.05, 3.63) is 0 Å². The Morgan fingerprint density at radius 1 is 1.11 bits per heavy atom. The highest BCUT2D eigenvalue weighted by Gasteiger charge is 2.32. The van der Waals surface area contributed by atoms with Crippen LogP contribution in [0.4, 0.5) is 0 Å². The number of ether oxygens (including phenoxy) is 2. The van der Waals surface area contributed by atoms with Gasteiger partial charge in [0.2, 0.25) is 0 Å². The fourth-order valence-corrected chi connectivity index (χ4v) is 3.13. The van der Waals surface area contributed by atoms with E-state index in [-0.39, 0.29) is 5.41 Å². The minimum atomic E-state index is -0.173. The zero-order valence-electron chi connectivity index (χ0n) is 11.3. The van der Waals surface area contributed by atoms with E-state index >= 15 is 0 Å². The van der Waals surface area contributed by atoms with E-state index in [0.717, 1.165) is 45.0 Å². The highest BCUT2D eigenvalue weighted by atomic mass is 16.5. The predicted molar refractivity (Wildman–Crippen MR) is 70.1 cm³/mol. The highest BCUT2D eigenvalue weighted by molar-refractivity contribution is 5.00. The van der Waals surface area contributed by atoms with Crippen molar-refractivity contribution in [2.75, 3.05) is 26.4 Å². The van der Waals surface area contributed by atoms with Gasteiger partial charge >= 0.3 is 0 Å². The topological polar surface area (TPSA) is 42.2 Å². The summed E-state index contributed by atoms with van der Waals surface area (Å²) in [6, 6.07) is 2.51. The van der Waals surface area contributed by atoms with E-state index < -0.39 is 0 Å². The van der Waals surface area contributed by atoms with Gasteiger partial charge in [-0.3, -0.25) is 0 Å². The van der Waals surface area contributed by atoms with Gasteiger partial charge < -0.3 is 9.47 Å². The molecule has 0 radical (unpaired) electrons. The molecule has 1 atom stereocenters. The van der Waals surface area contributed by atoms with Crippen LogP contribution >= 0.6 is 0 Å². The van der Waals surface area contributed by atoms with Crippen molar-refractivity contribution in [2.24, 2.45) is 11.3 Å². The van der Waals surface area contributed by atoms with Gasteiger partial charge in [-0.05, 0) is 38.0 Å². The van der Waals surface area contributed by atoms with E-state index in [2.05, 4.69) is 6.07 Å². The lowest BCUT2D eigenvalue weighted by Crippen LogP contribution is -2.30. The standard InChI is InChI=1S/C15H25NO2/c16-12-15(8-3-9-18-13-15)7-2-1-4-14-5-10-17-11-6-14/h14H,1-11,13H2. The fraction of sp³-hybridized carbons (Fsp3) is 0.933. The van der Waals surface area contributed by atoms with E-state index in [4.69, 9.17) is 9.47 Å². The average Bonchev–Trinajstić information content (AvgIpc) is 2.46. The third-order valence-corrected chi connectivity index (χ3v) is 4.42. The Morgan fingerprint density at radius 3 is 2.61 bits per heavy atom. The van der Waals surface area contributed by atoms with Crippen molar-refractivity contribution in [1.82, 2.24) is 0 Å². The van der Waals surface area contributed by atoms with Crippen LogP contribution in [0.3, 0.4) is 0 Å². The molecule has 2 fully saturated rings. The summed E-state index contributed by atoms with van der Waals surface area (Å²) in [5.41, 5.74) is -0.173. The minimum absolute atomic E-state index is 0.173. The molecular weight excluding hydrogens is 226 g/mol. The number of rotatable bonds is 5. The van der Waals surface area contributed by atoms with Crippen molar-refractivity contribution in [1.29, 1.82) is 5.26 Å². The zero-order valence-corrected chi connectivity index (χ0v) is 11.3. The van der Waals surface area contributed by atoms with Gasteiger partial charge in [-0.2, -0.15) is 5.26 Å². The Labute approximate surface area is 110 Å². The van der Waals surface area contributed by atoms with Gasteiger partial charge in [0.15, 0.2) is 0 Å². The Morgan fingerprint density at radius 2 is 1.94 bits per heavy atom. The van der Waals surface area contributed by atoms with Gasteiger partial charge in [0.1, 0.15) is 0 Å². The molecule has 2 rings (SSSR count). The van der Waals surface area contributed by atoms with Crippen LogP contribution in [0.2, 0.25) is 0 Å². The Bertz CT molecular complexity index is 273. The summed E-state index contributed by atoms with van der Waals surface area (Å²) in [4.78, 5) is 0. The summed E-state index contributed by atoms with van der Waals surface area (Å²) in [6.07, 6.45) is 9.30. The molecule has 2 saturated heterocycles. The van der Waals surface area contributed by atoms with Gasteiger partial charge in [-0.1, -0.05) is 19.3 Å². The molecular formula is C15H25NO2. The molecule has 0 N–H and O–H groups in total. The van der Waals surface area contributed by atoms with Crippen molar-refractivity contribution in [3.63, 3.8) is 0 Å². The lowest BCUT2D eigenvalue weighted by atomic mass is 9.79. The zero-order chi connectivity index (χ0) is 12.7. The average molecular weight is 251 g/mol. The SMILES string of the molecule is N#CC1(CCCCC2CCOCC2)CCCOC1. The molecule has 2 aliphatic rings. The second-order valence-corrected chi connectivity index (χ2v) is 5.85. The fourth-order valence-electron chi connectivity index (χ4n) is 3.13. The van der Waals surface area contributed by atoms with E-state index in [0.29, 0.717) is 6.61 Å².